The lowest BCUT2D eigenvalue weighted by atomic mass is 10.0. The standard InChI is InChI=1S/C14H23NO2S/c1-11-5-6-13(9-12(11)2)14(15-3)10-18(16)8-7-17-4/h5-6,9,14-15H,7-8,10H2,1-4H3. The van der Waals surface area contributed by atoms with Crippen LogP contribution in [-0.4, -0.2) is 36.5 Å². The Bertz CT molecular complexity index is 407. The third-order valence-corrected chi connectivity index (χ3v) is 4.48. The molecule has 0 aliphatic carbocycles. The van der Waals surface area contributed by atoms with E-state index in [1.54, 1.807) is 7.11 Å². The molecule has 0 aromatic heterocycles. The van der Waals surface area contributed by atoms with Crippen molar-refractivity contribution in [1.82, 2.24) is 5.32 Å². The summed E-state index contributed by atoms with van der Waals surface area (Å²) in [5, 5.41) is 3.24. The molecule has 3 nitrogen and oxygen atoms in total. The lowest BCUT2D eigenvalue weighted by Crippen LogP contribution is -2.24. The van der Waals surface area contributed by atoms with E-state index in [9.17, 15) is 4.21 Å². The van der Waals surface area contributed by atoms with Gasteiger partial charge in [0.15, 0.2) is 0 Å². The molecule has 0 saturated heterocycles. The molecule has 0 saturated carbocycles. The highest BCUT2D eigenvalue weighted by atomic mass is 32.2. The second-order valence-electron chi connectivity index (χ2n) is 4.49. The number of methoxy groups -OCH3 is 1. The van der Waals surface area contributed by atoms with Gasteiger partial charge in [-0.3, -0.25) is 4.21 Å². The van der Waals surface area contributed by atoms with Gasteiger partial charge in [-0.1, -0.05) is 18.2 Å². The second kappa shape index (κ2) is 7.67. The number of hydrogen-bond acceptors (Lipinski definition) is 3. The van der Waals surface area contributed by atoms with Crippen LogP contribution in [0.25, 0.3) is 0 Å². The lowest BCUT2D eigenvalue weighted by molar-refractivity contribution is 0.218. The maximum Gasteiger partial charge on any atom is 0.0577 e. The Labute approximate surface area is 112 Å². The summed E-state index contributed by atoms with van der Waals surface area (Å²) in [6.45, 7) is 4.76. The molecular formula is C14H23NO2S. The van der Waals surface area contributed by atoms with Crippen molar-refractivity contribution < 1.29 is 8.95 Å². The topological polar surface area (TPSA) is 38.3 Å². The normalized spacial score (nSPS) is 14.4. The average Bonchev–Trinajstić information content (AvgIpc) is 2.37. The number of hydrogen-bond donors (Lipinski definition) is 1. The second-order valence-corrected chi connectivity index (χ2v) is 6.11. The summed E-state index contributed by atoms with van der Waals surface area (Å²) in [4.78, 5) is 0. The van der Waals surface area contributed by atoms with Crippen LogP contribution in [0.15, 0.2) is 18.2 Å². The molecule has 0 aliphatic rings. The Kier molecular flexibility index (Phi) is 6.54. The Balaban J connectivity index is 2.70. The third-order valence-electron chi connectivity index (χ3n) is 3.15. The molecule has 2 unspecified atom stereocenters. The summed E-state index contributed by atoms with van der Waals surface area (Å²) in [6, 6.07) is 6.54. The molecule has 1 rings (SSSR count). The molecule has 102 valence electrons. The van der Waals surface area contributed by atoms with Gasteiger partial charge in [-0.2, -0.15) is 0 Å². The van der Waals surface area contributed by atoms with Crippen LogP contribution in [0.3, 0.4) is 0 Å². The van der Waals surface area contributed by atoms with Gasteiger partial charge in [-0.15, -0.1) is 0 Å². The molecule has 18 heavy (non-hydrogen) atoms. The van der Waals surface area contributed by atoms with E-state index in [1.165, 1.54) is 16.7 Å². The zero-order valence-electron chi connectivity index (χ0n) is 11.7. The Morgan fingerprint density at radius 1 is 1.33 bits per heavy atom. The highest BCUT2D eigenvalue weighted by Gasteiger charge is 2.13. The molecule has 4 heteroatoms. The SMILES string of the molecule is CNC(CS(=O)CCOC)c1ccc(C)c(C)c1. The van der Waals surface area contributed by atoms with Crippen molar-refractivity contribution in [3.05, 3.63) is 34.9 Å². The van der Waals surface area contributed by atoms with Crippen LogP contribution in [0.1, 0.15) is 22.7 Å². The predicted octanol–water partition coefficient (Wildman–Crippen LogP) is 1.96. The maximum absolute atomic E-state index is 11.9. The van der Waals surface area contributed by atoms with Gasteiger partial charge in [-0.05, 0) is 37.6 Å². The summed E-state index contributed by atoms with van der Waals surface area (Å²) in [6.07, 6.45) is 0. The van der Waals surface area contributed by atoms with Gasteiger partial charge < -0.3 is 10.1 Å². The fraction of sp³-hybridized carbons (Fsp3) is 0.571. The van der Waals surface area contributed by atoms with Crippen molar-refractivity contribution in [3.63, 3.8) is 0 Å². The van der Waals surface area contributed by atoms with Crippen molar-refractivity contribution in [1.29, 1.82) is 0 Å². The third kappa shape index (κ3) is 4.52. The first-order valence-corrected chi connectivity index (χ1v) is 7.65. The van der Waals surface area contributed by atoms with Gasteiger partial charge in [0.05, 0.1) is 6.61 Å². The molecular weight excluding hydrogens is 246 g/mol. The van der Waals surface area contributed by atoms with E-state index in [1.807, 2.05) is 7.05 Å². The summed E-state index contributed by atoms with van der Waals surface area (Å²) in [5.74, 6) is 1.22. The molecule has 0 heterocycles. The van der Waals surface area contributed by atoms with E-state index in [0.29, 0.717) is 18.1 Å². The van der Waals surface area contributed by atoms with E-state index in [2.05, 4.69) is 37.4 Å². The summed E-state index contributed by atoms with van der Waals surface area (Å²) < 4.78 is 16.8. The summed E-state index contributed by atoms with van der Waals surface area (Å²) >= 11 is 0. The van der Waals surface area contributed by atoms with E-state index < -0.39 is 10.8 Å². The maximum atomic E-state index is 11.9. The zero-order chi connectivity index (χ0) is 13.5. The van der Waals surface area contributed by atoms with Crippen molar-refractivity contribution in [2.24, 2.45) is 0 Å². The van der Waals surface area contributed by atoms with E-state index in [4.69, 9.17) is 4.74 Å². The molecule has 0 spiro atoms. The van der Waals surface area contributed by atoms with Gasteiger partial charge in [0.2, 0.25) is 0 Å². The number of nitrogens with one attached hydrogen (secondary N) is 1. The van der Waals surface area contributed by atoms with Crippen molar-refractivity contribution in [3.8, 4) is 0 Å². The van der Waals surface area contributed by atoms with Crippen LogP contribution in [0.4, 0.5) is 0 Å². The summed E-state index contributed by atoms with van der Waals surface area (Å²) in [7, 11) is 2.70. The summed E-state index contributed by atoms with van der Waals surface area (Å²) in [5.41, 5.74) is 3.76. The fourth-order valence-electron chi connectivity index (χ4n) is 1.77. The van der Waals surface area contributed by atoms with Crippen LogP contribution in [-0.2, 0) is 15.5 Å². The van der Waals surface area contributed by atoms with Crippen LogP contribution >= 0.6 is 0 Å². The van der Waals surface area contributed by atoms with Gasteiger partial charge >= 0.3 is 0 Å². The molecule has 0 aliphatic heterocycles. The van der Waals surface area contributed by atoms with Crippen LogP contribution in [0.5, 0.6) is 0 Å². The first kappa shape index (κ1) is 15.3. The van der Waals surface area contributed by atoms with Crippen LogP contribution in [0, 0.1) is 13.8 Å². The first-order chi connectivity index (χ1) is 8.58. The van der Waals surface area contributed by atoms with E-state index >= 15 is 0 Å². The molecule has 1 aromatic rings. The Hall–Kier alpha value is -0.710. The highest BCUT2D eigenvalue weighted by molar-refractivity contribution is 7.85. The highest BCUT2D eigenvalue weighted by Crippen LogP contribution is 2.17. The molecule has 1 aromatic carbocycles. The van der Waals surface area contributed by atoms with Crippen molar-refractivity contribution >= 4 is 10.8 Å². The molecule has 0 fully saturated rings. The molecule has 0 amide bonds. The van der Waals surface area contributed by atoms with Crippen LogP contribution in [0.2, 0.25) is 0 Å². The molecule has 0 bridgehead atoms. The monoisotopic (exact) mass is 269 g/mol. The van der Waals surface area contributed by atoms with Gasteiger partial charge in [0, 0.05) is 35.5 Å². The average molecular weight is 269 g/mol. The van der Waals surface area contributed by atoms with Crippen molar-refractivity contribution in [2.45, 2.75) is 19.9 Å². The minimum absolute atomic E-state index is 0.141. The number of ether oxygens (including phenoxy) is 1. The number of aryl methyl sites for hydroxylation is 2. The minimum Gasteiger partial charge on any atom is -0.384 e. The largest absolute Gasteiger partial charge is 0.384 e. The smallest absolute Gasteiger partial charge is 0.0577 e. The predicted molar refractivity (Wildman–Crippen MR) is 77.5 cm³/mol. The molecule has 2 atom stereocenters. The first-order valence-electron chi connectivity index (χ1n) is 6.16. The Morgan fingerprint density at radius 2 is 2.06 bits per heavy atom. The van der Waals surface area contributed by atoms with Gasteiger partial charge in [0.1, 0.15) is 0 Å². The van der Waals surface area contributed by atoms with E-state index in [-0.39, 0.29) is 6.04 Å². The van der Waals surface area contributed by atoms with Gasteiger partial charge in [0.25, 0.3) is 0 Å². The number of benzene rings is 1. The van der Waals surface area contributed by atoms with Crippen LogP contribution < -0.4 is 5.32 Å². The molecule has 1 N–H and O–H groups in total. The Morgan fingerprint density at radius 3 is 2.61 bits per heavy atom. The van der Waals surface area contributed by atoms with Gasteiger partial charge in [-0.25, -0.2) is 0 Å². The molecule has 0 radical (unpaired) electrons. The number of rotatable bonds is 7. The fourth-order valence-corrected chi connectivity index (χ4v) is 3.02. The van der Waals surface area contributed by atoms with Crippen molar-refractivity contribution in [2.75, 3.05) is 32.3 Å². The minimum atomic E-state index is -0.850. The zero-order valence-corrected chi connectivity index (χ0v) is 12.5. The van der Waals surface area contributed by atoms with E-state index in [0.717, 1.165) is 0 Å². The lowest BCUT2D eigenvalue weighted by Gasteiger charge is -2.17. The quantitative estimate of drug-likeness (QED) is 0.822.